The molecule has 0 spiro atoms. The number of rotatable bonds is 6. The number of carbonyl (C=O) groups is 1. The fraction of sp³-hybridized carbons (Fsp3) is 0.167. The number of hydrogen-bond donors (Lipinski definition) is 1. The lowest BCUT2D eigenvalue weighted by atomic mass is 9.77. The molecule has 0 amide bonds. The Bertz CT molecular complexity index is 1410. The van der Waals surface area contributed by atoms with Gasteiger partial charge in [-0.05, 0) is 36.5 Å². The summed E-state index contributed by atoms with van der Waals surface area (Å²) in [5.74, 6) is -0.374. The number of carbonyl (C=O) groups excluding carboxylic acids is 1. The molecular formula is C30H26N4O2. The number of ether oxygens (including phenoxy) is 1. The van der Waals surface area contributed by atoms with E-state index in [1.807, 2.05) is 18.2 Å². The van der Waals surface area contributed by atoms with Gasteiger partial charge in [0.2, 0.25) is 0 Å². The van der Waals surface area contributed by atoms with Crippen LogP contribution < -0.4 is 0 Å². The minimum atomic E-state index is -0.693. The molecule has 0 unspecified atom stereocenters. The van der Waals surface area contributed by atoms with Crippen molar-refractivity contribution in [2.24, 2.45) is 0 Å². The van der Waals surface area contributed by atoms with Crippen molar-refractivity contribution in [2.75, 3.05) is 6.61 Å². The Labute approximate surface area is 209 Å². The van der Waals surface area contributed by atoms with Crippen LogP contribution in [0.15, 0.2) is 97.2 Å². The third-order valence-corrected chi connectivity index (χ3v) is 6.92. The lowest BCUT2D eigenvalue weighted by Crippen LogP contribution is -2.38. The van der Waals surface area contributed by atoms with Gasteiger partial charge in [-0.1, -0.05) is 91.0 Å². The van der Waals surface area contributed by atoms with E-state index in [1.165, 1.54) is 0 Å². The van der Waals surface area contributed by atoms with E-state index < -0.39 is 5.54 Å². The number of aromatic nitrogens is 4. The zero-order chi connectivity index (χ0) is 24.5. The Kier molecular flexibility index (Phi) is 5.49. The summed E-state index contributed by atoms with van der Waals surface area (Å²) in [5.41, 5.74) is 6.56. The molecule has 0 bridgehead atoms. The highest BCUT2D eigenvalue weighted by Crippen LogP contribution is 2.42. The van der Waals surface area contributed by atoms with Crippen LogP contribution >= 0.6 is 0 Å². The van der Waals surface area contributed by atoms with Crippen molar-refractivity contribution in [2.45, 2.75) is 25.3 Å². The summed E-state index contributed by atoms with van der Waals surface area (Å²) < 4.78 is 7.31. The number of nitrogens with one attached hydrogen (secondary N) is 1. The van der Waals surface area contributed by atoms with Crippen LogP contribution in [0, 0.1) is 0 Å². The number of nitrogens with zero attached hydrogens (tertiary/aromatic N) is 3. The van der Waals surface area contributed by atoms with Gasteiger partial charge in [0.15, 0.2) is 0 Å². The van der Waals surface area contributed by atoms with E-state index in [2.05, 4.69) is 93.9 Å². The van der Waals surface area contributed by atoms with Crippen LogP contribution in [0.3, 0.4) is 0 Å². The average Bonchev–Trinajstić information content (AvgIpc) is 3.56. The van der Waals surface area contributed by atoms with Crippen LogP contribution in [-0.4, -0.2) is 32.6 Å². The highest BCUT2D eigenvalue weighted by molar-refractivity contribution is 5.91. The number of hydrogen-bond acceptors (Lipinski definition) is 4. The molecule has 1 aliphatic rings. The largest absolute Gasteiger partial charge is 0.461 e. The van der Waals surface area contributed by atoms with Crippen LogP contribution in [0.25, 0.3) is 11.4 Å². The van der Waals surface area contributed by atoms with Gasteiger partial charge in [0, 0.05) is 17.3 Å². The predicted octanol–water partition coefficient (Wildman–Crippen LogP) is 5.39. The zero-order valence-electron chi connectivity index (χ0n) is 20.0. The predicted molar refractivity (Wildman–Crippen MR) is 138 cm³/mol. The van der Waals surface area contributed by atoms with Crippen molar-refractivity contribution in [3.8, 4) is 11.4 Å². The van der Waals surface area contributed by atoms with Crippen LogP contribution in [0.1, 0.15) is 45.2 Å². The van der Waals surface area contributed by atoms with Crippen molar-refractivity contribution in [1.29, 1.82) is 0 Å². The van der Waals surface area contributed by atoms with E-state index in [1.54, 1.807) is 6.92 Å². The second-order valence-corrected chi connectivity index (χ2v) is 8.90. The maximum atomic E-state index is 12.5. The first-order valence-corrected chi connectivity index (χ1v) is 12.2. The van der Waals surface area contributed by atoms with Gasteiger partial charge < -0.3 is 4.74 Å². The third kappa shape index (κ3) is 3.37. The van der Waals surface area contributed by atoms with Crippen molar-refractivity contribution >= 4 is 5.97 Å². The molecule has 6 rings (SSSR count). The summed E-state index contributed by atoms with van der Waals surface area (Å²) in [5, 5.41) is 12.6. The van der Waals surface area contributed by atoms with Crippen LogP contribution in [0.2, 0.25) is 0 Å². The van der Waals surface area contributed by atoms with E-state index in [-0.39, 0.29) is 5.97 Å². The quantitative estimate of drug-likeness (QED) is 0.265. The molecular weight excluding hydrogens is 448 g/mol. The summed E-state index contributed by atoms with van der Waals surface area (Å²) in [7, 11) is 0. The molecule has 0 radical (unpaired) electrons. The Morgan fingerprint density at radius 3 is 1.94 bits per heavy atom. The molecule has 1 aliphatic carbocycles. The van der Waals surface area contributed by atoms with Gasteiger partial charge in [0.1, 0.15) is 22.6 Å². The first-order valence-electron chi connectivity index (χ1n) is 12.2. The molecule has 0 atom stereocenters. The van der Waals surface area contributed by atoms with Gasteiger partial charge in [0.05, 0.1) is 6.61 Å². The molecule has 0 saturated carbocycles. The zero-order valence-corrected chi connectivity index (χ0v) is 20.0. The van der Waals surface area contributed by atoms with Crippen molar-refractivity contribution in [1.82, 2.24) is 20.0 Å². The number of fused-ring (bicyclic) bond motifs is 3. The summed E-state index contributed by atoms with van der Waals surface area (Å²) >= 11 is 0. The van der Waals surface area contributed by atoms with Gasteiger partial charge in [0.25, 0.3) is 0 Å². The number of esters is 1. The third-order valence-electron chi connectivity index (χ3n) is 6.92. The number of aryl methyl sites for hydroxylation is 1. The Hall–Kier alpha value is -4.45. The lowest BCUT2D eigenvalue weighted by molar-refractivity contribution is 0.0518. The van der Waals surface area contributed by atoms with E-state index >= 15 is 0 Å². The van der Waals surface area contributed by atoms with Crippen molar-refractivity contribution < 1.29 is 9.53 Å². The Balaban J connectivity index is 1.60. The van der Waals surface area contributed by atoms with Crippen molar-refractivity contribution in [3.05, 3.63) is 131 Å². The molecule has 2 heterocycles. The smallest absolute Gasteiger partial charge is 0.356 e. The van der Waals surface area contributed by atoms with Gasteiger partial charge in [-0.3, -0.25) is 9.78 Å². The molecule has 0 saturated heterocycles. The molecule has 5 aromatic rings. The van der Waals surface area contributed by atoms with Crippen LogP contribution in [-0.2, 0) is 23.1 Å². The summed E-state index contributed by atoms with van der Waals surface area (Å²) in [6.07, 6.45) is 3.61. The maximum absolute atomic E-state index is 12.5. The topological polar surface area (TPSA) is 72.8 Å². The normalized spacial score (nSPS) is 12.6. The van der Waals surface area contributed by atoms with Gasteiger partial charge in [-0.15, -0.1) is 0 Å². The maximum Gasteiger partial charge on any atom is 0.356 e. The first kappa shape index (κ1) is 22.0. The van der Waals surface area contributed by atoms with Crippen LogP contribution in [0.5, 0.6) is 0 Å². The fourth-order valence-corrected chi connectivity index (χ4v) is 5.33. The molecule has 178 valence electrons. The second kappa shape index (κ2) is 8.96. The Morgan fingerprint density at radius 1 is 0.861 bits per heavy atom. The van der Waals surface area contributed by atoms with Gasteiger partial charge in [-0.25, -0.2) is 4.79 Å². The van der Waals surface area contributed by atoms with Gasteiger partial charge in [-0.2, -0.15) is 10.2 Å². The molecule has 6 nitrogen and oxygen atoms in total. The number of H-pyrrole nitrogens is 1. The SMILES string of the molecule is CCOC(=O)c1[nH]nc2c1CCc1cn(C(c3ccccc3)(c3ccccc3)c3ccccc3)nc1-2. The Morgan fingerprint density at radius 2 is 1.42 bits per heavy atom. The van der Waals surface area contributed by atoms with E-state index in [4.69, 9.17) is 9.84 Å². The monoisotopic (exact) mass is 474 g/mol. The number of aromatic amines is 1. The van der Waals surface area contributed by atoms with E-state index in [0.717, 1.165) is 45.6 Å². The number of benzene rings is 3. The molecule has 0 aliphatic heterocycles. The minimum absolute atomic E-state index is 0.320. The van der Waals surface area contributed by atoms with Gasteiger partial charge >= 0.3 is 5.97 Å². The molecule has 6 heteroatoms. The highest BCUT2D eigenvalue weighted by atomic mass is 16.5. The molecule has 1 N–H and O–H groups in total. The standard InChI is InChI=1S/C30H26N4O2/c1-2-36-29(35)28-25-19-18-21-20-34(33-26(21)27(25)31-32-28)30(22-12-6-3-7-13-22,23-14-8-4-9-15-23)24-16-10-5-11-17-24/h3-17,20H,2,18-19H2,1H3,(H,31,32). The summed E-state index contributed by atoms with van der Waals surface area (Å²) in [6, 6.07) is 31.4. The van der Waals surface area contributed by atoms with E-state index in [9.17, 15) is 4.79 Å². The summed E-state index contributed by atoms with van der Waals surface area (Å²) in [4.78, 5) is 12.5. The minimum Gasteiger partial charge on any atom is -0.461 e. The van der Waals surface area contributed by atoms with Crippen LogP contribution in [0.4, 0.5) is 0 Å². The van der Waals surface area contributed by atoms with E-state index in [0.29, 0.717) is 18.7 Å². The average molecular weight is 475 g/mol. The lowest BCUT2D eigenvalue weighted by Gasteiger charge is -2.36. The molecule has 36 heavy (non-hydrogen) atoms. The molecule has 2 aromatic heterocycles. The molecule has 3 aromatic carbocycles. The summed E-state index contributed by atoms with van der Waals surface area (Å²) in [6.45, 7) is 2.12. The van der Waals surface area contributed by atoms with Crippen molar-refractivity contribution in [3.63, 3.8) is 0 Å². The highest BCUT2D eigenvalue weighted by Gasteiger charge is 2.41. The first-order chi connectivity index (χ1) is 17.7. The molecule has 0 fully saturated rings. The fourth-order valence-electron chi connectivity index (χ4n) is 5.33. The second-order valence-electron chi connectivity index (χ2n) is 8.90.